The van der Waals surface area contributed by atoms with Crippen LogP contribution in [0.4, 0.5) is 5.69 Å². The molecular weight excluding hydrogens is 248 g/mol. The first-order valence-electron chi connectivity index (χ1n) is 6.21. The van der Waals surface area contributed by atoms with Crippen molar-refractivity contribution in [2.24, 2.45) is 0 Å². The van der Waals surface area contributed by atoms with E-state index in [1.54, 1.807) is 0 Å². The topological polar surface area (TPSA) is 34.1 Å². The van der Waals surface area contributed by atoms with Crippen LogP contribution in [0.1, 0.15) is 12.8 Å². The number of hydrogen-bond donors (Lipinski definition) is 1. The molecule has 94 valence electrons. The van der Waals surface area contributed by atoms with E-state index in [9.17, 15) is 0 Å². The maximum atomic E-state index is 5.99. The smallest absolute Gasteiger partial charge is 0.0737 e. The Hall–Kier alpha value is -1.32. The van der Waals surface area contributed by atoms with Crippen LogP contribution in [0.3, 0.4) is 0 Å². The lowest BCUT2D eigenvalue weighted by molar-refractivity contribution is 0.0905. The van der Waals surface area contributed by atoms with Gasteiger partial charge in [-0.1, -0.05) is 11.6 Å². The first-order valence-corrected chi connectivity index (χ1v) is 6.59. The zero-order valence-electron chi connectivity index (χ0n) is 10.0. The summed E-state index contributed by atoms with van der Waals surface area (Å²) in [5, 5.41) is 5.42. The van der Waals surface area contributed by atoms with Crippen molar-refractivity contribution < 1.29 is 4.74 Å². The number of halogens is 1. The van der Waals surface area contributed by atoms with E-state index < -0.39 is 0 Å². The molecule has 3 nitrogen and oxygen atoms in total. The predicted molar refractivity (Wildman–Crippen MR) is 74.2 cm³/mol. The van der Waals surface area contributed by atoms with Gasteiger partial charge in [0.25, 0.3) is 0 Å². The lowest BCUT2D eigenvalue weighted by Gasteiger charge is -2.24. The average Bonchev–Trinajstić information content (AvgIpc) is 2.40. The number of nitrogens with one attached hydrogen (secondary N) is 1. The average molecular weight is 263 g/mol. The van der Waals surface area contributed by atoms with Crippen molar-refractivity contribution in [3.63, 3.8) is 0 Å². The van der Waals surface area contributed by atoms with Gasteiger partial charge in [0.15, 0.2) is 0 Å². The van der Waals surface area contributed by atoms with Crippen molar-refractivity contribution >= 4 is 28.2 Å². The second-order valence-electron chi connectivity index (χ2n) is 4.55. The highest BCUT2D eigenvalue weighted by molar-refractivity contribution is 6.31. The zero-order chi connectivity index (χ0) is 12.4. The van der Waals surface area contributed by atoms with Crippen molar-refractivity contribution in [1.82, 2.24) is 4.98 Å². The van der Waals surface area contributed by atoms with E-state index in [1.807, 2.05) is 30.5 Å². The molecule has 1 fully saturated rings. The summed E-state index contributed by atoms with van der Waals surface area (Å²) < 4.78 is 5.37. The van der Waals surface area contributed by atoms with E-state index in [4.69, 9.17) is 16.3 Å². The molecule has 1 saturated heterocycles. The fourth-order valence-electron chi connectivity index (χ4n) is 2.31. The number of fused-ring (bicyclic) bond motifs is 1. The van der Waals surface area contributed by atoms with Crippen molar-refractivity contribution in [2.45, 2.75) is 18.9 Å². The Kier molecular flexibility index (Phi) is 3.35. The molecule has 2 heterocycles. The van der Waals surface area contributed by atoms with Gasteiger partial charge < -0.3 is 10.1 Å². The number of pyridine rings is 1. The summed E-state index contributed by atoms with van der Waals surface area (Å²) >= 11 is 5.99. The normalized spacial score (nSPS) is 16.9. The first kappa shape index (κ1) is 11.8. The molecule has 3 rings (SSSR count). The minimum Gasteiger partial charge on any atom is -0.382 e. The molecule has 0 saturated carbocycles. The molecule has 1 aromatic heterocycles. The molecule has 0 bridgehead atoms. The van der Waals surface area contributed by atoms with E-state index in [-0.39, 0.29) is 0 Å². The molecular formula is C14H15ClN2O. The Morgan fingerprint density at radius 2 is 2.06 bits per heavy atom. The number of rotatable bonds is 2. The van der Waals surface area contributed by atoms with Crippen LogP contribution in [-0.2, 0) is 4.74 Å². The number of hydrogen-bond acceptors (Lipinski definition) is 3. The Bertz CT molecular complexity index is 552. The highest BCUT2D eigenvalue weighted by Gasteiger charge is 2.14. The van der Waals surface area contributed by atoms with Gasteiger partial charge in [-0.3, -0.25) is 4.98 Å². The molecule has 0 spiro atoms. The van der Waals surface area contributed by atoms with Crippen LogP contribution in [0.2, 0.25) is 5.02 Å². The molecule has 1 N–H and O–H groups in total. The van der Waals surface area contributed by atoms with Gasteiger partial charge in [0.2, 0.25) is 0 Å². The largest absolute Gasteiger partial charge is 0.382 e. The van der Waals surface area contributed by atoms with Gasteiger partial charge >= 0.3 is 0 Å². The van der Waals surface area contributed by atoms with Crippen LogP contribution in [0.5, 0.6) is 0 Å². The van der Waals surface area contributed by atoms with E-state index >= 15 is 0 Å². The third-order valence-electron chi connectivity index (χ3n) is 3.29. The minimum absolute atomic E-state index is 0.486. The van der Waals surface area contributed by atoms with Gasteiger partial charge in [0.1, 0.15) is 0 Å². The fourth-order valence-corrected chi connectivity index (χ4v) is 2.48. The summed E-state index contributed by atoms with van der Waals surface area (Å²) in [5.74, 6) is 0. The van der Waals surface area contributed by atoms with Crippen molar-refractivity contribution in [2.75, 3.05) is 18.5 Å². The molecule has 1 aliphatic rings. The predicted octanol–water partition coefficient (Wildman–Crippen LogP) is 3.48. The number of benzene rings is 1. The molecule has 4 heteroatoms. The summed E-state index contributed by atoms with van der Waals surface area (Å²) in [5.41, 5.74) is 2.06. The second-order valence-corrected chi connectivity index (χ2v) is 4.99. The van der Waals surface area contributed by atoms with Gasteiger partial charge in [-0.2, -0.15) is 0 Å². The summed E-state index contributed by atoms with van der Waals surface area (Å²) in [6, 6.07) is 8.32. The lowest BCUT2D eigenvalue weighted by atomic mass is 10.1. The van der Waals surface area contributed by atoms with Crippen LogP contribution in [0, 0.1) is 0 Å². The van der Waals surface area contributed by atoms with Crippen molar-refractivity contribution in [3.8, 4) is 0 Å². The lowest BCUT2D eigenvalue weighted by Crippen LogP contribution is -2.27. The Morgan fingerprint density at radius 1 is 1.22 bits per heavy atom. The second kappa shape index (κ2) is 5.12. The number of anilines is 1. The monoisotopic (exact) mass is 262 g/mol. The Balaban J connectivity index is 1.91. The first-order chi connectivity index (χ1) is 8.83. The van der Waals surface area contributed by atoms with Crippen LogP contribution in [-0.4, -0.2) is 24.2 Å². The molecule has 1 aliphatic heterocycles. The van der Waals surface area contributed by atoms with Gasteiger partial charge in [-0.05, 0) is 37.1 Å². The molecule has 0 unspecified atom stereocenters. The van der Waals surface area contributed by atoms with Crippen LogP contribution in [0.25, 0.3) is 10.9 Å². The summed E-state index contributed by atoms with van der Waals surface area (Å²) in [4.78, 5) is 4.35. The molecule has 18 heavy (non-hydrogen) atoms. The van der Waals surface area contributed by atoms with E-state index in [2.05, 4.69) is 10.3 Å². The van der Waals surface area contributed by atoms with E-state index in [0.717, 1.165) is 47.7 Å². The van der Waals surface area contributed by atoms with Crippen molar-refractivity contribution in [3.05, 3.63) is 35.5 Å². The SMILES string of the molecule is Clc1ccc2c(NC3CCOCC3)ccnc2c1. The third-order valence-corrected chi connectivity index (χ3v) is 3.52. The highest BCUT2D eigenvalue weighted by atomic mass is 35.5. The van der Waals surface area contributed by atoms with E-state index in [1.165, 1.54) is 0 Å². The van der Waals surface area contributed by atoms with Gasteiger partial charge in [-0.25, -0.2) is 0 Å². The number of nitrogens with zero attached hydrogens (tertiary/aromatic N) is 1. The fraction of sp³-hybridized carbons (Fsp3) is 0.357. The zero-order valence-corrected chi connectivity index (χ0v) is 10.8. The summed E-state index contributed by atoms with van der Waals surface area (Å²) in [6.07, 6.45) is 3.93. The number of ether oxygens (including phenoxy) is 1. The number of aromatic nitrogens is 1. The Morgan fingerprint density at radius 3 is 2.89 bits per heavy atom. The van der Waals surface area contributed by atoms with Gasteiger partial charge in [0, 0.05) is 41.5 Å². The summed E-state index contributed by atoms with van der Waals surface area (Å²) in [6.45, 7) is 1.68. The molecule has 1 aromatic carbocycles. The van der Waals surface area contributed by atoms with E-state index in [0.29, 0.717) is 6.04 Å². The van der Waals surface area contributed by atoms with Gasteiger partial charge in [0.05, 0.1) is 5.52 Å². The third kappa shape index (κ3) is 2.42. The summed E-state index contributed by atoms with van der Waals surface area (Å²) in [7, 11) is 0. The molecule has 0 radical (unpaired) electrons. The van der Waals surface area contributed by atoms with Crippen LogP contribution in [0.15, 0.2) is 30.5 Å². The molecule has 0 atom stereocenters. The molecule has 0 aliphatic carbocycles. The maximum Gasteiger partial charge on any atom is 0.0737 e. The molecule has 0 amide bonds. The quantitative estimate of drug-likeness (QED) is 0.900. The highest BCUT2D eigenvalue weighted by Crippen LogP contribution is 2.26. The van der Waals surface area contributed by atoms with Crippen molar-refractivity contribution in [1.29, 1.82) is 0 Å². The van der Waals surface area contributed by atoms with Gasteiger partial charge in [-0.15, -0.1) is 0 Å². The van der Waals surface area contributed by atoms with Crippen LogP contribution < -0.4 is 5.32 Å². The standard InChI is InChI=1S/C14H15ClN2O/c15-10-1-2-12-13(3-6-16-14(12)9-10)17-11-4-7-18-8-5-11/h1-3,6,9,11H,4-5,7-8H2,(H,16,17). The Labute approximate surface area is 111 Å². The van der Waals surface area contributed by atoms with Crippen LogP contribution >= 0.6 is 11.6 Å². The maximum absolute atomic E-state index is 5.99. The molecule has 2 aromatic rings. The minimum atomic E-state index is 0.486.